The molecular formula is C21H20Cl2N2O3. The van der Waals surface area contributed by atoms with E-state index in [9.17, 15) is 9.59 Å². The van der Waals surface area contributed by atoms with Gasteiger partial charge in [-0.05, 0) is 42.7 Å². The van der Waals surface area contributed by atoms with E-state index in [2.05, 4.69) is 10.6 Å². The first-order chi connectivity index (χ1) is 13.5. The summed E-state index contributed by atoms with van der Waals surface area (Å²) in [5, 5.41) is 6.12. The topological polar surface area (TPSA) is 67.4 Å². The van der Waals surface area contributed by atoms with Crippen molar-refractivity contribution in [1.29, 1.82) is 0 Å². The number of carbonyl (C=O) groups excluding carboxylic acids is 2. The number of benzene rings is 2. The third-order valence-corrected chi connectivity index (χ3v) is 4.84. The van der Waals surface area contributed by atoms with Gasteiger partial charge in [0.25, 0.3) is 11.8 Å². The highest BCUT2D eigenvalue weighted by Crippen LogP contribution is 2.21. The van der Waals surface area contributed by atoms with Gasteiger partial charge in [-0.25, -0.2) is 0 Å². The number of ether oxygens (including phenoxy) is 1. The molecule has 0 bridgehead atoms. The van der Waals surface area contributed by atoms with Gasteiger partial charge in [0.15, 0.2) is 0 Å². The normalized spacial score (nSPS) is 16.6. The summed E-state index contributed by atoms with van der Waals surface area (Å²) in [5.41, 5.74) is 1.14. The highest BCUT2D eigenvalue weighted by molar-refractivity contribution is 6.36. The largest absolute Gasteiger partial charge is 0.376 e. The van der Waals surface area contributed by atoms with Gasteiger partial charge in [-0.1, -0.05) is 53.5 Å². The van der Waals surface area contributed by atoms with E-state index in [1.54, 1.807) is 12.1 Å². The van der Waals surface area contributed by atoms with Crippen LogP contribution in [0.1, 0.15) is 28.8 Å². The van der Waals surface area contributed by atoms with E-state index in [4.69, 9.17) is 27.9 Å². The van der Waals surface area contributed by atoms with Gasteiger partial charge in [0.2, 0.25) is 0 Å². The van der Waals surface area contributed by atoms with E-state index in [0.29, 0.717) is 18.2 Å². The molecule has 1 atom stereocenters. The Balaban J connectivity index is 1.78. The SMILES string of the molecule is O=C(NCC1CCCO1)C(=Cc1ccccc1)NC(=O)c1ccc(Cl)cc1Cl. The summed E-state index contributed by atoms with van der Waals surface area (Å²) in [6.07, 6.45) is 3.51. The molecule has 2 aromatic carbocycles. The summed E-state index contributed by atoms with van der Waals surface area (Å²) < 4.78 is 5.53. The highest BCUT2D eigenvalue weighted by Gasteiger charge is 2.20. The smallest absolute Gasteiger partial charge is 0.267 e. The Morgan fingerprint density at radius 1 is 1.14 bits per heavy atom. The van der Waals surface area contributed by atoms with Crippen molar-refractivity contribution < 1.29 is 14.3 Å². The number of rotatable bonds is 6. The fraction of sp³-hybridized carbons (Fsp3) is 0.238. The lowest BCUT2D eigenvalue weighted by molar-refractivity contribution is -0.118. The molecule has 7 heteroatoms. The Morgan fingerprint density at radius 2 is 1.93 bits per heavy atom. The zero-order chi connectivity index (χ0) is 19.9. The molecular weight excluding hydrogens is 399 g/mol. The van der Waals surface area contributed by atoms with Crippen LogP contribution in [0.3, 0.4) is 0 Å². The molecule has 0 spiro atoms. The quantitative estimate of drug-likeness (QED) is 0.694. The summed E-state index contributed by atoms with van der Waals surface area (Å²) in [6, 6.07) is 13.8. The highest BCUT2D eigenvalue weighted by atomic mass is 35.5. The lowest BCUT2D eigenvalue weighted by atomic mass is 10.1. The molecule has 1 heterocycles. The molecule has 1 aliphatic rings. The maximum atomic E-state index is 12.7. The van der Waals surface area contributed by atoms with Gasteiger partial charge in [-0.3, -0.25) is 9.59 Å². The van der Waals surface area contributed by atoms with Crippen LogP contribution in [0.2, 0.25) is 10.0 Å². The molecule has 2 N–H and O–H groups in total. The van der Waals surface area contributed by atoms with Crippen molar-refractivity contribution in [1.82, 2.24) is 10.6 Å². The number of amides is 2. The van der Waals surface area contributed by atoms with Crippen LogP contribution in [0.4, 0.5) is 0 Å². The fourth-order valence-corrected chi connectivity index (χ4v) is 3.34. The third-order valence-electron chi connectivity index (χ3n) is 4.29. The zero-order valence-corrected chi connectivity index (χ0v) is 16.6. The van der Waals surface area contributed by atoms with E-state index in [1.807, 2.05) is 30.3 Å². The van der Waals surface area contributed by atoms with Gasteiger partial charge in [-0.2, -0.15) is 0 Å². The summed E-state index contributed by atoms with van der Waals surface area (Å²) >= 11 is 12.0. The first-order valence-electron chi connectivity index (χ1n) is 8.96. The molecule has 1 unspecified atom stereocenters. The van der Waals surface area contributed by atoms with Crippen LogP contribution in [0.5, 0.6) is 0 Å². The molecule has 2 aromatic rings. The average Bonchev–Trinajstić information content (AvgIpc) is 3.20. The van der Waals surface area contributed by atoms with Gasteiger partial charge in [-0.15, -0.1) is 0 Å². The van der Waals surface area contributed by atoms with E-state index in [1.165, 1.54) is 12.1 Å². The van der Waals surface area contributed by atoms with E-state index in [-0.39, 0.29) is 22.4 Å². The number of hydrogen-bond acceptors (Lipinski definition) is 3. The maximum Gasteiger partial charge on any atom is 0.267 e. The van der Waals surface area contributed by atoms with Gasteiger partial charge < -0.3 is 15.4 Å². The second kappa shape index (κ2) is 9.73. The Labute approximate surface area is 173 Å². The Hall–Kier alpha value is -2.34. The molecule has 5 nitrogen and oxygen atoms in total. The van der Waals surface area contributed by atoms with Crippen molar-refractivity contribution in [3.63, 3.8) is 0 Å². The molecule has 1 aliphatic heterocycles. The molecule has 1 saturated heterocycles. The third kappa shape index (κ3) is 5.58. The van der Waals surface area contributed by atoms with Crippen LogP contribution in [-0.2, 0) is 9.53 Å². The predicted octanol–water partition coefficient (Wildman–Crippen LogP) is 4.06. The monoisotopic (exact) mass is 418 g/mol. The lowest BCUT2D eigenvalue weighted by Crippen LogP contribution is -2.38. The number of hydrogen-bond donors (Lipinski definition) is 2. The second-order valence-electron chi connectivity index (χ2n) is 6.39. The van der Waals surface area contributed by atoms with Crippen LogP contribution >= 0.6 is 23.2 Å². The summed E-state index contributed by atoms with van der Waals surface area (Å²) in [4.78, 5) is 25.4. The molecule has 0 aromatic heterocycles. The molecule has 3 rings (SSSR count). The minimum Gasteiger partial charge on any atom is -0.376 e. The van der Waals surface area contributed by atoms with Crippen molar-refractivity contribution in [2.24, 2.45) is 0 Å². The first-order valence-corrected chi connectivity index (χ1v) is 9.71. The summed E-state index contributed by atoms with van der Waals surface area (Å²) in [7, 11) is 0. The van der Waals surface area contributed by atoms with Gasteiger partial charge in [0.05, 0.1) is 16.7 Å². The summed E-state index contributed by atoms with van der Waals surface area (Å²) in [5.74, 6) is -0.881. The minimum absolute atomic E-state index is 0.00309. The van der Waals surface area contributed by atoms with Crippen LogP contribution in [0, 0.1) is 0 Å². The Kier molecular flexibility index (Phi) is 7.09. The van der Waals surface area contributed by atoms with Gasteiger partial charge in [0.1, 0.15) is 5.70 Å². The van der Waals surface area contributed by atoms with Gasteiger partial charge >= 0.3 is 0 Å². The maximum absolute atomic E-state index is 12.7. The molecule has 0 aliphatic carbocycles. The predicted molar refractivity (Wildman–Crippen MR) is 110 cm³/mol. The first kappa shape index (κ1) is 20.4. The van der Waals surface area contributed by atoms with Crippen molar-refractivity contribution in [3.05, 3.63) is 75.4 Å². The number of halogens is 2. The van der Waals surface area contributed by atoms with Crippen LogP contribution in [0.15, 0.2) is 54.2 Å². The molecule has 28 heavy (non-hydrogen) atoms. The second-order valence-corrected chi connectivity index (χ2v) is 7.24. The van der Waals surface area contributed by atoms with Crippen molar-refractivity contribution in [2.45, 2.75) is 18.9 Å². The summed E-state index contributed by atoms with van der Waals surface area (Å²) in [6.45, 7) is 1.10. The molecule has 0 saturated carbocycles. The fourth-order valence-electron chi connectivity index (χ4n) is 2.84. The Morgan fingerprint density at radius 3 is 2.61 bits per heavy atom. The van der Waals surface area contributed by atoms with Crippen molar-refractivity contribution in [2.75, 3.05) is 13.2 Å². The number of nitrogens with one attached hydrogen (secondary N) is 2. The van der Waals surface area contributed by atoms with Crippen molar-refractivity contribution >= 4 is 41.1 Å². The van der Waals surface area contributed by atoms with Crippen LogP contribution in [-0.4, -0.2) is 31.1 Å². The molecule has 2 amide bonds. The van der Waals surface area contributed by atoms with Crippen LogP contribution < -0.4 is 10.6 Å². The zero-order valence-electron chi connectivity index (χ0n) is 15.1. The average molecular weight is 419 g/mol. The molecule has 0 radical (unpaired) electrons. The van der Waals surface area contributed by atoms with Crippen LogP contribution in [0.25, 0.3) is 6.08 Å². The lowest BCUT2D eigenvalue weighted by Gasteiger charge is -2.14. The van der Waals surface area contributed by atoms with E-state index >= 15 is 0 Å². The van der Waals surface area contributed by atoms with E-state index in [0.717, 1.165) is 18.4 Å². The molecule has 146 valence electrons. The van der Waals surface area contributed by atoms with E-state index < -0.39 is 11.8 Å². The minimum atomic E-state index is -0.490. The standard InChI is InChI=1S/C21H20Cl2N2O3/c22-15-8-9-17(18(23)12-15)20(26)25-19(11-14-5-2-1-3-6-14)21(27)24-13-16-7-4-10-28-16/h1-3,5-6,8-9,11-12,16H,4,7,10,13H2,(H,24,27)(H,25,26). The van der Waals surface area contributed by atoms with Gasteiger partial charge in [0, 0.05) is 18.2 Å². The molecule has 1 fully saturated rings. The number of carbonyl (C=O) groups is 2. The van der Waals surface area contributed by atoms with Crippen molar-refractivity contribution in [3.8, 4) is 0 Å². The Bertz CT molecular complexity index is 878.